The number of ether oxygens (including phenoxy) is 6. The van der Waals surface area contributed by atoms with Crippen molar-refractivity contribution >= 4 is 23.6 Å². The van der Waals surface area contributed by atoms with E-state index in [1.807, 2.05) is 0 Å². The summed E-state index contributed by atoms with van der Waals surface area (Å²) in [6.45, 7) is -1.28. The third-order valence-corrected chi connectivity index (χ3v) is 7.70. The van der Waals surface area contributed by atoms with Crippen molar-refractivity contribution < 1.29 is 68.1 Å². The highest BCUT2D eigenvalue weighted by Crippen LogP contribution is 2.29. The molecular weight excluding hydrogens is 646 g/mol. The lowest BCUT2D eigenvalue weighted by molar-refractivity contribution is -0.302. The number of rotatable bonds is 11. The fourth-order valence-corrected chi connectivity index (χ4v) is 5.07. The molecule has 3 aromatic rings. The van der Waals surface area contributed by atoms with Crippen LogP contribution < -0.4 is 0 Å². The minimum Gasteiger partial charge on any atom is -0.459 e. The molecule has 5 rings (SSSR count). The monoisotopic (exact) mass is 681 g/mol. The molecule has 49 heavy (non-hydrogen) atoms. The van der Waals surface area contributed by atoms with E-state index >= 15 is 0 Å². The largest absolute Gasteiger partial charge is 0.459 e. The molecule has 2 fully saturated rings. The second-order valence-corrected chi connectivity index (χ2v) is 10.9. The van der Waals surface area contributed by atoms with Crippen LogP contribution >= 0.6 is 0 Å². The van der Waals surface area contributed by atoms with E-state index in [9.17, 15) is 34.8 Å². The van der Waals surface area contributed by atoms with Crippen LogP contribution in [-0.2, 0) is 33.3 Å². The topological polar surface area (TPSA) is 209 Å². The van der Waals surface area contributed by atoms with Gasteiger partial charge in [-0.1, -0.05) is 59.8 Å². The van der Waals surface area contributed by atoms with E-state index in [1.54, 1.807) is 54.6 Å². The van der Waals surface area contributed by atoms with Crippen LogP contribution in [0.4, 0.5) is 0 Å². The van der Waals surface area contributed by atoms with Crippen LogP contribution in [-0.4, -0.2) is 120 Å². The maximum atomic E-state index is 13.5. The Balaban J connectivity index is 1.52. The Labute approximate surface area is 280 Å². The Hall–Kier alpha value is -4.74. The number of benzene rings is 3. The molecule has 0 radical (unpaired) electrons. The molecule has 15 heteroatoms. The molecule has 0 spiro atoms. The van der Waals surface area contributed by atoms with Gasteiger partial charge in [0, 0.05) is 7.11 Å². The summed E-state index contributed by atoms with van der Waals surface area (Å²) in [5.41, 5.74) is 0.193. The second-order valence-electron chi connectivity index (χ2n) is 10.9. The molecule has 2 aliphatic rings. The normalized spacial score (nSPS) is 29.1. The molecule has 0 saturated carbocycles. The summed E-state index contributed by atoms with van der Waals surface area (Å²) in [7, 11) is 1.25. The summed E-state index contributed by atoms with van der Waals surface area (Å²) in [4.78, 5) is 45.1. The van der Waals surface area contributed by atoms with Crippen LogP contribution in [0.25, 0.3) is 0 Å². The fourth-order valence-electron chi connectivity index (χ4n) is 5.07. The number of hydrogen-bond acceptors (Lipinski definition) is 15. The number of aliphatic hydroxyl groups is 4. The van der Waals surface area contributed by atoms with E-state index in [2.05, 4.69) is 5.16 Å². The SMILES string of the molecule is CO[C@H]1O[C@H](COC(=O)c2ccccc2)/C(=N\O[C@@H]2O[C@H](CO)[C@@H](O)[C@H](O)[C@H]2O)[C@H](OC(=O)c2ccccc2)[C@H]1OC(=O)c1ccccc1. The summed E-state index contributed by atoms with van der Waals surface area (Å²) in [6, 6.07) is 23.9. The number of esters is 3. The van der Waals surface area contributed by atoms with E-state index in [0.29, 0.717) is 0 Å². The van der Waals surface area contributed by atoms with Crippen LogP contribution in [0.1, 0.15) is 31.1 Å². The standard InChI is InChI=1S/C34H35NO14/c1-43-34-29(48-32(42)21-15-9-4-10-16-21)28(47-31(41)20-13-7-3-8-14-20)24(23(46-34)18-44-30(40)19-11-5-2-6-12-19)35-49-33-27(39)26(38)25(37)22(17-36)45-33/h2-16,22-23,25-29,33-34,36-39H,17-18H2,1H3/b35-24+/t22-,23-,25-,26+,27-,28+,29-,33+,34+/m1/s1. The molecule has 9 atom stereocenters. The zero-order chi connectivity index (χ0) is 34.9. The number of carbonyl (C=O) groups excluding carboxylic acids is 3. The van der Waals surface area contributed by atoms with Crippen molar-refractivity contribution in [3.63, 3.8) is 0 Å². The molecule has 3 aromatic carbocycles. The van der Waals surface area contributed by atoms with Crippen molar-refractivity contribution in [2.45, 2.75) is 55.3 Å². The van der Waals surface area contributed by atoms with Crippen molar-refractivity contribution in [3.05, 3.63) is 108 Å². The first-order valence-electron chi connectivity index (χ1n) is 15.2. The van der Waals surface area contributed by atoms with Gasteiger partial charge in [-0.25, -0.2) is 14.4 Å². The van der Waals surface area contributed by atoms with Crippen LogP contribution in [0.2, 0.25) is 0 Å². The highest BCUT2D eigenvalue weighted by atomic mass is 16.8. The van der Waals surface area contributed by atoms with Gasteiger partial charge in [-0.15, -0.1) is 0 Å². The van der Waals surface area contributed by atoms with Crippen LogP contribution in [0.3, 0.4) is 0 Å². The first-order valence-corrected chi connectivity index (χ1v) is 15.2. The first-order chi connectivity index (χ1) is 23.7. The molecule has 2 heterocycles. The minimum absolute atomic E-state index is 0.123. The molecule has 260 valence electrons. The van der Waals surface area contributed by atoms with Crippen molar-refractivity contribution in [3.8, 4) is 0 Å². The molecule has 0 unspecified atom stereocenters. The summed E-state index contributed by atoms with van der Waals surface area (Å²) < 4.78 is 34.1. The molecule has 0 aliphatic carbocycles. The van der Waals surface area contributed by atoms with Gasteiger partial charge in [0.25, 0.3) is 6.29 Å². The summed E-state index contributed by atoms with van der Waals surface area (Å²) >= 11 is 0. The maximum Gasteiger partial charge on any atom is 0.338 e. The third-order valence-electron chi connectivity index (χ3n) is 7.70. The van der Waals surface area contributed by atoms with E-state index < -0.39 is 86.4 Å². The lowest BCUT2D eigenvalue weighted by Crippen LogP contribution is -2.60. The molecular formula is C34H35NO14. The average Bonchev–Trinajstić information content (AvgIpc) is 3.14. The number of oxime groups is 1. The zero-order valence-corrected chi connectivity index (χ0v) is 26.1. The molecule has 2 saturated heterocycles. The Bertz CT molecular complexity index is 1570. The highest BCUT2D eigenvalue weighted by molar-refractivity contribution is 5.98. The predicted octanol–water partition coefficient (Wildman–Crippen LogP) is 0.838. The van der Waals surface area contributed by atoms with Gasteiger partial charge in [-0.3, -0.25) is 0 Å². The van der Waals surface area contributed by atoms with Gasteiger partial charge < -0.3 is 53.7 Å². The molecule has 15 nitrogen and oxygen atoms in total. The smallest absolute Gasteiger partial charge is 0.338 e. The van der Waals surface area contributed by atoms with E-state index in [-0.39, 0.29) is 22.4 Å². The highest BCUT2D eigenvalue weighted by Gasteiger charge is 2.51. The summed E-state index contributed by atoms with van der Waals surface area (Å²) in [5.74, 6) is -2.44. The van der Waals surface area contributed by atoms with Gasteiger partial charge in [0.1, 0.15) is 42.8 Å². The number of methoxy groups -OCH3 is 1. The lowest BCUT2D eigenvalue weighted by atomic mass is 9.99. The Morgan fingerprint density at radius 1 is 0.694 bits per heavy atom. The van der Waals surface area contributed by atoms with E-state index in [4.69, 9.17) is 33.3 Å². The van der Waals surface area contributed by atoms with E-state index in [1.165, 1.54) is 43.5 Å². The molecule has 0 amide bonds. The second kappa shape index (κ2) is 16.6. The lowest BCUT2D eigenvalue weighted by Gasteiger charge is -2.41. The van der Waals surface area contributed by atoms with Gasteiger partial charge in [0.15, 0.2) is 18.5 Å². The van der Waals surface area contributed by atoms with Crippen molar-refractivity contribution in [1.82, 2.24) is 0 Å². The van der Waals surface area contributed by atoms with Crippen LogP contribution in [0.15, 0.2) is 96.2 Å². The predicted molar refractivity (Wildman–Crippen MR) is 166 cm³/mol. The zero-order valence-electron chi connectivity index (χ0n) is 26.1. The number of nitrogens with zero attached hydrogens (tertiary/aromatic N) is 1. The Kier molecular flexibility index (Phi) is 12.0. The van der Waals surface area contributed by atoms with Gasteiger partial charge >= 0.3 is 17.9 Å². The summed E-state index contributed by atoms with van der Waals surface area (Å²) in [5, 5.41) is 44.7. The van der Waals surface area contributed by atoms with Crippen LogP contribution in [0.5, 0.6) is 0 Å². The number of carbonyl (C=O) groups is 3. The summed E-state index contributed by atoms with van der Waals surface area (Å²) in [6.07, 6.45) is -14.4. The first kappa shape index (κ1) is 35.6. The Morgan fingerprint density at radius 3 is 1.76 bits per heavy atom. The molecule has 2 aliphatic heterocycles. The quantitative estimate of drug-likeness (QED) is 0.126. The number of hydrogen-bond donors (Lipinski definition) is 4. The van der Waals surface area contributed by atoms with Gasteiger partial charge in [0.05, 0.1) is 23.3 Å². The van der Waals surface area contributed by atoms with Crippen molar-refractivity contribution in [2.75, 3.05) is 20.3 Å². The van der Waals surface area contributed by atoms with Crippen molar-refractivity contribution in [1.29, 1.82) is 0 Å². The van der Waals surface area contributed by atoms with Gasteiger partial charge in [0.2, 0.25) is 0 Å². The minimum atomic E-state index is -1.86. The van der Waals surface area contributed by atoms with Crippen molar-refractivity contribution in [2.24, 2.45) is 5.16 Å². The third kappa shape index (κ3) is 8.47. The molecule has 0 bridgehead atoms. The van der Waals surface area contributed by atoms with Crippen LogP contribution in [0, 0.1) is 0 Å². The number of aliphatic hydroxyl groups excluding tert-OH is 4. The molecule has 4 N–H and O–H groups in total. The van der Waals surface area contributed by atoms with E-state index in [0.717, 1.165) is 0 Å². The maximum absolute atomic E-state index is 13.5. The fraction of sp³-hybridized carbons (Fsp3) is 0.353. The van der Waals surface area contributed by atoms with Gasteiger partial charge in [-0.2, -0.15) is 0 Å². The average molecular weight is 682 g/mol. The van der Waals surface area contributed by atoms with Gasteiger partial charge in [-0.05, 0) is 36.4 Å². The Morgan fingerprint density at radius 2 is 1.22 bits per heavy atom. The molecule has 0 aromatic heterocycles.